The first-order valence-corrected chi connectivity index (χ1v) is 10.4. The van der Waals surface area contributed by atoms with Crippen LogP contribution in [-0.4, -0.2) is 43.0 Å². The number of hydrogen-bond donors (Lipinski definition) is 0. The number of rotatable bonds is 4. The van der Waals surface area contributed by atoms with Crippen LogP contribution >= 0.6 is 11.8 Å². The van der Waals surface area contributed by atoms with Crippen LogP contribution in [0.15, 0.2) is 66.1 Å². The number of benzene rings is 1. The summed E-state index contributed by atoms with van der Waals surface area (Å²) >= 11 is 1.36. The lowest BCUT2D eigenvalue weighted by atomic mass is 10.0. The first-order valence-electron chi connectivity index (χ1n) is 9.43. The van der Waals surface area contributed by atoms with Crippen LogP contribution in [0.1, 0.15) is 12.0 Å². The molecule has 5 rings (SSSR count). The Balaban J connectivity index is 1.37. The molecule has 0 saturated heterocycles. The van der Waals surface area contributed by atoms with Gasteiger partial charge < -0.3 is 4.90 Å². The van der Waals surface area contributed by atoms with Gasteiger partial charge in [0.2, 0.25) is 11.1 Å². The predicted octanol–water partition coefficient (Wildman–Crippen LogP) is 3.26. The highest BCUT2D eigenvalue weighted by Gasteiger charge is 2.22. The average molecular weight is 402 g/mol. The topological polar surface area (TPSA) is 76.3 Å². The van der Waals surface area contributed by atoms with Gasteiger partial charge >= 0.3 is 0 Å². The van der Waals surface area contributed by atoms with Gasteiger partial charge in [0.25, 0.3) is 0 Å². The second-order valence-electron chi connectivity index (χ2n) is 6.78. The highest BCUT2D eigenvalue weighted by atomic mass is 32.2. The number of aromatic nitrogens is 5. The van der Waals surface area contributed by atoms with Gasteiger partial charge in [-0.05, 0) is 48.7 Å². The summed E-state index contributed by atoms with van der Waals surface area (Å²) in [4.78, 5) is 18.9. The number of hydrogen-bond acceptors (Lipinski definition) is 6. The third kappa shape index (κ3) is 3.47. The standard InChI is InChI=1S/C21H18N6OS/c28-20(26-12-4-7-15-5-1-2-8-18(15)26)14-29-21-24-23-19-10-9-17(25-27(19)21)16-6-3-11-22-13-16/h1-3,5-6,8-11,13H,4,7,12,14H2. The molecule has 0 bridgehead atoms. The van der Waals surface area contributed by atoms with Crippen molar-refractivity contribution < 1.29 is 4.79 Å². The van der Waals surface area contributed by atoms with Gasteiger partial charge in [-0.2, -0.15) is 9.61 Å². The van der Waals surface area contributed by atoms with E-state index in [4.69, 9.17) is 0 Å². The number of nitrogens with zero attached hydrogens (tertiary/aromatic N) is 6. The van der Waals surface area contributed by atoms with Gasteiger partial charge in [-0.3, -0.25) is 9.78 Å². The average Bonchev–Trinajstić information content (AvgIpc) is 3.20. The molecular weight excluding hydrogens is 384 g/mol. The molecule has 1 aromatic carbocycles. The van der Waals surface area contributed by atoms with Gasteiger partial charge in [0.15, 0.2) is 5.65 Å². The van der Waals surface area contributed by atoms with E-state index < -0.39 is 0 Å². The molecule has 4 aromatic rings. The van der Waals surface area contributed by atoms with E-state index in [0.29, 0.717) is 10.8 Å². The maximum absolute atomic E-state index is 12.9. The lowest BCUT2D eigenvalue weighted by Crippen LogP contribution is -2.36. The van der Waals surface area contributed by atoms with E-state index in [2.05, 4.69) is 26.3 Å². The summed E-state index contributed by atoms with van der Waals surface area (Å²) in [7, 11) is 0. The van der Waals surface area contributed by atoms with Gasteiger partial charge in [-0.25, -0.2) is 0 Å². The van der Waals surface area contributed by atoms with Crippen LogP contribution in [0.4, 0.5) is 5.69 Å². The predicted molar refractivity (Wildman–Crippen MR) is 112 cm³/mol. The second kappa shape index (κ2) is 7.63. The van der Waals surface area contributed by atoms with Crippen LogP contribution in [0.2, 0.25) is 0 Å². The van der Waals surface area contributed by atoms with E-state index in [9.17, 15) is 4.79 Å². The van der Waals surface area contributed by atoms with Crippen LogP contribution < -0.4 is 4.90 Å². The molecule has 0 fully saturated rings. The Kier molecular flexibility index (Phi) is 4.69. The molecule has 0 spiro atoms. The fourth-order valence-electron chi connectivity index (χ4n) is 3.52. The van der Waals surface area contributed by atoms with Crippen molar-refractivity contribution in [2.45, 2.75) is 18.0 Å². The Morgan fingerprint density at radius 1 is 1.07 bits per heavy atom. The van der Waals surface area contributed by atoms with Crippen molar-refractivity contribution in [1.29, 1.82) is 0 Å². The monoisotopic (exact) mass is 402 g/mol. The highest BCUT2D eigenvalue weighted by Crippen LogP contribution is 2.28. The molecule has 0 saturated carbocycles. The minimum Gasteiger partial charge on any atom is -0.311 e. The Labute approximate surface area is 171 Å². The van der Waals surface area contributed by atoms with Crippen molar-refractivity contribution in [3.63, 3.8) is 0 Å². The van der Waals surface area contributed by atoms with Crippen LogP contribution in [0, 0.1) is 0 Å². The Morgan fingerprint density at radius 2 is 2.00 bits per heavy atom. The van der Waals surface area contributed by atoms with Crippen molar-refractivity contribution in [3.05, 3.63) is 66.5 Å². The summed E-state index contributed by atoms with van der Waals surface area (Å²) in [5, 5.41) is 13.6. The number of carbonyl (C=O) groups is 1. The summed E-state index contributed by atoms with van der Waals surface area (Å²) < 4.78 is 1.68. The largest absolute Gasteiger partial charge is 0.311 e. The summed E-state index contributed by atoms with van der Waals surface area (Å²) in [5.41, 5.74) is 4.60. The first-order chi connectivity index (χ1) is 14.3. The quantitative estimate of drug-likeness (QED) is 0.488. The molecule has 0 N–H and O–H groups in total. The molecule has 1 aliphatic heterocycles. The smallest absolute Gasteiger partial charge is 0.237 e. The zero-order valence-corrected chi connectivity index (χ0v) is 16.4. The van der Waals surface area contributed by atoms with Crippen molar-refractivity contribution in [3.8, 4) is 11.3 Å². The normalized spacial score (nSPS) is 13.4. The van der Waals surface area contributed by atoms with Crippen molar-refractivity contribution in [2.75, 3.05) is 17.2 Å². The van der Waals surface area contributed by atoms with Gasteiger partial charge in [0, 0.05) is 30.2 Å². The van der Waals surface area contributed by atoms with Gasteiger partial charge in [0.1, 0.15) is 0 Å². The lowest BCUT2D eigenvalue weighted by molar-refractivity contribution is -0.116. The number of pyridine rings is 1. The van der Waals surface area contributed by atoms with E-state index in [1.54, 1.807) is 16.9 Å². The number of thioether (sulfide) groups is 1. The minimum absolute atomic E-state index is 0.0716. The van der Waals surface area contributed by atoms with Crippen LogP contribution in [0.5, 0.6) is 0 Å². The maximum Gasteiger partial charge on any atom is 0.237 e. The van der Waals surface area contributed by atoms with Gasteiger partial charge in [-0.1, -0.05) is 30.0 Å². The molecular formula is C21H18N6OS. The molecule has 29 heavy (non-hydrogen) atoms. The molecule has 8 heteroatoms. The Hall–Kier alpha value is -3.26. The number of anilines is 1. The summed E-state index contributed by atoms with van der Waals surface area (Å²) in [6.45, 7) is 0.750. The SMILES string of the molecule is O=C(CSc1nnc2ccc(-c3cccnc3)nn12)N1CCCc2ccccc21. The zero-order chi connectivity index (χ0) is 19.6. The maximum atomic E-state index is 12.9. The van der Waals surface area contributed by atoms with Crippen LogP contribution in [0.25, 0.3) is 16.9 Å². The van der Waals surface area contributed by atoms with E-state index in [0.717, 1.165) is 36.3 Å². The fourth-order valence-corrected chi connectivity index (χ4v) is 4.29. The summed E-state index contributed by atoms with van der Waals surface area (Å²) in [6, 6.07) is 15.7. The second-order valence-corrected chi connectivity index (χ2v) is 7.72. The van der Waals surface area contributed by atoms with E-state index >= 15 is 0 Å². The molecule has 7 nitrogen and oxygen atoms in total. The van der Waals surface area contributed by atoms with Crippen molar-refractivity contribution in [1.82, 2.24) is 24.8 Å². The summed E-state index contributed by atoms with van der Waals surface area (Å²) in [5.74, 6) is 0.357. The summed E-state index contributed by atoms with van der Waals surface area (Å²) in [6.07, 6.45) is 5.50. The molecule has 0 atom stereocenters. The molecule has 1 amide bonds. The Morgan fingerprint density at radius 3 is 2.90 bits per heavy atom. The Bertz CT molecular complexity index is 1180. The van der Waals surface area contributed by atoms with Crippen molar-refractivity contribution in [2.24, 2.45) is 0 Å². The molecule has 144 valence electrons. The number of amides is 1. The number of fused-ring (bicyclic) bond motifs is 2. The van der Waals surface area contributed by atoms with Gasteiger partial charge in [-0.15, -0.1) is 10.2 Å². The number of carbonyl (C=O) groups excluding carboxylic acids is 1. The third-order valence-electron chi connectivity index (χ3n) is 4.93. The van der Waals surface area contributed by atoms with Crippen molar-refractivity contribution >= 4 is 29.0 Å². The number of aryl methyl sites for hydroxylation is 1. The minimum atomic E-state index is 0.0716. The van der Waals surface area contributed by atoms with E-state index in [-0.39, 0.29) is 11.7 Å². The van der Waals surface area contributed by atoms with Crippen LogP contribution in [0.3, 0.4) is 0 Å². The number of para-hydroxylation sites is 1. The molecule has 4 heterocycles. The van der Waals surface area contributed by atoms with E-state index in [1.165, 1.54) is 17.3 Å². The molecule has 0 aliphatic carbocycles. The zero-order valence-electron chi connectivity index (χ0n) is 15.6. The fraction of sp³-hybridized carbons (Fsp3) is 0.190. The van der Waals surface area contributed by atoms with E-state index in [1.807, 2.05) is 47.4 Å². The molecule has 1 aliphatic rings. The van der Waals surface area contributed by atoms with Crippen LogP contribution in [-0.2, 0) is 11.2 Å². The molecule has 3 aromatic heterocycles. The van der Waals surface area contributed by atoms with Gasteiger partial charge in [0.05, 0.1) is 11.4 Å². The lowest BCUT2D eigenvalue weighted by Gasteiger charge is -2.29. The first kappa shape index (κ1) is 17.8. The third-order valence-corrected chi connectivity index (χ3v) is 5.83. The molecule has 0 unspecified atom stereocenters. The highest BCUT2D eigenvalue weighted by molar-refractivity contribution is 7.99. The molecule has 0 radical (unpaired) electrons.